The second kappa shape index (κ2) is 22.8. The summed E-state index contributed by atoms with van der Waals surface area (Å²) in [6.45, 7) is 10.2. The lowest BCUT2D eigenvalue weighted by Crippen LogP contribution is -2.56. The summed E-state index contributed by atoms with van der Waals surface area (Å²) in [6, 6.07) is 5.85. The van der Waals surface area contributed by atoms with E-state index in [1.807, 2.05) is 6.92 Å². The first kappa shape index (κ1) is 45.8. The third kappa shape index (κ3) is 14.2. The number of carbonyl (C=O) groups excluding carboxylic acids is 4. The van der Waals surface area contributed by atoms with Crippen LogP contribution in [0.1, 0.15) is 73.3 Å². The molecule has 16 nitrogen and oxygen atoms in total. The quantitative estimate of drug-likeness (QED) is 0.0498. The molecule has 0 aromatic heterocycles. The molecule has 1 aliphatic rings. The van der Waals surface area contributed by atoms with Gasteiger partial charge in [-0.3, -0.25) is 30.3 Å². The average molecular weight is 803 g/mol. The van der Waals surface area contributed by atoms with Crippen LogP contribution in [0.15, 0.2) is 35.2 Å². The molecular formula is C39H60N7O9S+. The number of likely N-dealkylation sites (tertiary alicyclic amines) is 1. The Morgan fingerprint density at radius 3 is 2.20 bits per heavy atom. The molecule has 2 atom stereocenters. The number of rotatable bonds is 23. The Kier molecular flexibility index (Phi) is 18.7. The molecule has 1 aliphatic heterocycles. The van der Waals surface area contributed by atoms with Gasteiger partial charge in [0, 0.05) is 45.6 Å². The minimum atomic E-state index is -4.40. The van der Waals surface area contributed by atoms with Crippen molar-refractivity contribution in [3.63, 3.8) is 0 Å². The lowest BCUT2D eigenvalue weighted by atomic mass is 10.0. The number of sulfonamides is 1. The highest BCUT2D eigenvalue weighted by molar-refractivity contribution is 7.89. The minimum absolute atomic E-state index is 0.0447. The molecule has 1 saturated heterocycles. The van der Waals surface area contributed by atoms with Crippen molar-refractivity contribution in [3.8, 4) is 5.75 Å². The fourth-order valence-electron chi connectivity index (χ4n) is 6.41. The van der Waals surface area contributed by atoms with Crippen LogP contribution in [0.2, 0.25) is 0 Å². The van der Waals surface area contributed by atoms with Crippen LogP contribution in [-0.4, -0.2) is 115 Å². The smallest absolute Gasteiger partial charge is 0.270 e. The number of nitrogens with two attached hydrogens (primary N) is 2. The van der Waals surface area contributed by atoms with Crippen LogP contribution in [0, 0.1) is 20.8 Å². The molecule has 1 fully saturated rings. The summed E-state index contributed by atoms with van der Waals surface area (Å²) in [5.74, 6) is -1.37. The molecule has 2 aromatic carbocycles. The van der Waals surface area contributed by atoms with E-state index in [0.717, 1.165) is 19.3 Å². The molecule has 0 spiro atoms. The molecule has 8 N–H and O–H groups in total. The van der Waals surface area contributed by atoms with E-state index in [-0.39, 0.29) is 41.9 Å². The van der Waals surface area contributed by atoms with Gasteiger partial charge < -0.3 is 35.1 Å². The molecule has 2 unspecified atom stereocenters. The lowest BCUT2D eigenvalue weighted by molar-refractivity contribution is -0.137. The van der Waals surface area contributed by atoms with Gasteiger partial charge in [-0.25, -0.2) is 8.42 Å². The minimum Gasteiger partial charge on any atom is -0.496 e. The van der Waals surface area contributed by atoms with Crippen molar-refractivity contribution in [3.05, 3.63) is 58.1 Å². The van der Waals surface area contributed by atoms with E-state index in [0.29, 0.717) is 86.0 Å². The number of benzene rings is 2. The first-order valence-corrected chi connectivity index (χ1v) is 20.6. The van der Waals surface area contributed by atoms with Crippen molar-refractivity contribution >= 4 is 39.5 Å². The Balaban J connectivity index is 1.79. The number of carbonyl (C=O) groups is 4. The summed E-state index contributed by atoms with van der Waals surface area (Å²) in [7, 11) is -2.91. The third-order valence-electron chi connectivity index (χ3n) is 9.53. The highest BCUT2D eigenvalue weighted by Crippen LogP contribution is 2.30. The predicted octanol–water partition coefficient (Wildman–Crippen LogP) is -0.0724. The number of piperidine rings is 1. The Bertz CT molecular complexity index is 1760. The van der Waals surface area contributed by atoms with Gasteiger partial charge in [-0.15, -0.1) is 0 Å². The van der Waals surface area contributed by atoms with E-state index in [2.05, 4.69) is 20.7 Å². The lowest BCUT2D eigenvalue weighted by Gasteiger charge is -2.31. The number of ether oxygens (including phenoxy) is 3. The van der Waals surface area contributed by atoms with Gasteiger partial charge in [-0.05, 0) is 93.8 Å². The van der Waals surface area contributed by atoms with E-state index in [4.69, 9.17) is 25.4 Å². The third-order valence-corrected chi connectivity index (χ3v) is 11.3. The molecular weight excluding hydrogens is 743 g/mol. The number of hydrogen-bond donors (Lipinski definition) is 6. The summed E-state index contributed by atoms with van der Waals surface area (Å²) >= 11 is 0. The molecule has 17 heteroatoms. The Labute approximate surface area is 330 Å². The van der Waals surface area contributed by atoms with E-state index < -0.39 is 40.3 Å². The number of amides is 4. The molecule has 310 valence electrons. The van der Waals surface area contributed by atoms with Crippen molar-refractivity contribution < 1.29 is 47.2 Å². The summed E-state index contributed by atoms with van der Waals surface area (Å²) in [6.07, 6.45) is 2.57. The van der Waals surface area contributed by atoms with E-state index >= 15 is 0 Å². The first-order valence-electron chi connectivity index (χ1n) is 19.1. The van der Waals surface area contributed by atoms with Crippen LogP contribution in [-0.2, 0) is 45.1 Å². The zero-order valence-corrected chi connectivity index (χ0v) is 34.1. The van der Waals surface area contributed by atoms with Crippen molar-refractivity contribution in [1.29, 1.82) is 0 Å². The molecule has 0 saturated carbocycles. The van der Waals surface area contributed by atoms with Gasteiger partial charge in [0.05, 0.1) is 43.8 Å². The van der Waals surface area contributed by atoms with Crippen LogP contribution in [0.25, 0.3) is 0 Å². The van der Waals surface area contributed by atoms with Crippen LogP contribution in [0.3, 0.4) is 0 Å². The van der Waals surface area contributed by atoms with Gasteiger partial charge in [0.2, 0.25) is 33.7 Å². The Morgan fingerprint density at radius 1 is 0.893 bits per heavy atom. The second-order valence-electron chi connectivity index (χ2n) is 13.8. The van der Waals surface area contributed by atoms with Gasteiger partial charge >= 0.3 is 0 Å². The molecule has 2 aromatic rings. The topological polar surface area (TPSA) is 233 Å². The van der Waals surface area contributed by atoms with Gasteiger partial charge in [-0.2, -0.15) is 4.72 Å². The standard InChI is InChI=1S/C39H59N7O9S/c1-6-54-21-22-55-20-17-43-34(47)11-10-16-42-35(48)25-31(45-56(51,52)36-26(2)23-33(53-5)27(3)28(36)4)38(49)44-32(39(50)46-18-8-7-9-19-46)24-29-12-14-30(15-13-29)37(40)41/h12-15,23,31-32,45H,6-11,16-22,24-25H2,1-5H3,(H3,40,41)(H,42,48)(H,43,47)(H,44,49)/p+1. The molecule has 1 heterocycles. The molecule has 4 amide bonds. The number of amidine groups is 1. The van der Waals surface area contributed by atoms with Gasteiger partial charge in [0.15, 0.2) is 0 Å². The summed E-state index contributed by atoms with van der Waals surface area (Å²) in [5, 5.41) is 13.9. The number of hydrogen-bond acceptors (Lipinski definition) is 9. The zero-order chi connectivity index (χ0) is 41.3. The largest absolute Gasteiger partial charge is 0.496 e. The van der Waals surface area contributed by atoms with E-state index in [9.17, 15) is 27.6 Å². The normalized spacial score (nSPS) is 14.1. The number of aryl methyl sites for hydroxylation is 1. The van der Waals surface area contributed by atoms with Gasteiger partial charge in [-0.1, -0.05) is 12.1 Å². The highest BCUT2D eigenvalue weighted by atomic mass is 32.2. The molecule has 0 aliphatic carbocycles. The van der Waals surface area contributed by atoms with Crippen LogP contribution < -0.4 is 36.6 Å². The SMILES string of the molecule is CCOCCOCCNC(=O)CCCNC(=O)CC(NS(=O)(=O)c1c(C)cc(OC)c(C)c1C)C(=O)NC(Cc1ccc(C(N)=[NH2+])cc1)C(=O)N1CCCCC1. The maximum absolute atomic E-state index is 14.2. The van der Waals surface area contributed by atoms with E-state index in [1.54, 1.807) is 56.0 Å². The number of nitrogens with zero attached hydrogens (tertiary/aromatic N) is 1. The summed E-state index contributed by atoms with van der Waals surface area (Å²) < 4.78 is 46.6. The first-order chi connectivity index (χ1) is 26.7. The van der Waals surface area contributed by atoms with Crippen LogP contribution >= 0.6 is 0 Å². The van der Waals surface area contributed by atoms with Crippen molar-refractivity contribution in [2.45, 2.75) is 89.6 Å². The number of nitrogens with one attached hydrogen (secondary N) is 4. The average Bonchev–Trinajstić information content (AvgIpc) is 3.17. The maximum atomic E-state index is 14.2. The van der Waals surface area contributed by atoms with Crippen molar-refractivity contribution in [2.75, 3.05) is 59.7 Å². The predicted molar refractivity (Wildman–Crippen MR) is 211 cm³/mol. The van der Waals surface area contributed by atoms with Gasteiger partial charge in [0.1, 0.15) is 17.8 Å². The number of methoxy groups -OCH3 is 1. The zero-order valence-electron chi connectivity index (χ0n) is 33.3. The van der Waals surface area contributed by atoms with Crippen molar-refractivity contribution in [1.82, 2.24) is 25.6 Å². The Morgan fingerprint density at radius 2 is 1.55 bits per heavy atom. The maximum Gasteiger partial charge on any atom is 0.270 e. The van der Waals surface area contributed by atoms with E-state index in [1.165, 1.54) is 7.11 Å². The van der Waals surface area contributed by atoms with Crippen LogP contribution in [0.5, 0.6) is 5.75 Å². The molecule has 0 bridgehead atoms. The van der Waals surface area contributed by atoms with Crippen molar-refractivity contribution in [2.24, 2.45) is 5.73 Å². The van der Waals surface area contributed by atoms with Crippen LogP contribution in [0.4, 0.5) is 0 Å². The molecule has 3 rings (SSSR count). The van der Waals surface area contributed by atoms with Gasteiger partial charge in [0.25, 0.3) is 5.84 Å². The second-order valence-corrected chi connectivity index (χ2v) is 15.4. The molecule has 0 radical (unpaired) electrons. The monoisotopic (exact) mass is 802 g/mol. The fraction of sp³-hybridized carbons (Fsp3) is 0.564. The summed E-state index contributed by atoms with van der Waals surface area (Å²) in [4.78, 5) is 55.3. The highest BCUT2D eigenvalue weighted by Gasteiger charge is 2.34. The fourth-order valence-corrected chi connectivity index (χ4v) is 8.13. The Hall–Kier alpha value is -4.58. The molecule has 56 heavy (non-hydrogen) atoms. The summed E-state index contributed by atoms with van der Waals surface area (Å²) in [5.41, 5.74) is 8.45.